The molecule has 3 N–H and O–H groups in total. The second-order valence-electron chi connectivity index (χ2n) is 2.41. The van der Waals surface area contributed by atoms with Crippen molar-refractivity contribution in [2.45, 2.75) is 0 Å². The van der Waals surface area contributed by atoms with Gasteiger partial charge in [0.15, 0.2) is 5.15 Å². The molecule has 0 atom stereocenters. The van der Waals surface area contributed by atoms with Crippen LogP contribution in [-0.4, -0.2) is 18.6 Å². The van der Waals surface area contributed by atoms with Crippen LogP contribution in [0.15, 0.2) is 12.1 Å². The zero-order valence-corrected chi connectivity index (χ0v) is 8.02. The van der Waals surface area contributed by atoms with Gasteiger partial charge in [0.2, 0.25) is 0 Å². The van der Waals surface area contributed by atoms with Gasteiger partial charge in [0.25, 0.3) is 0 Å². The maximum Gasteiger partial charge on any atom is 0.153 e. The maximum atomic E-state index is 5.71. The molecule has 4 heteroatoms. The van der Waals surface area contributed by atoms with Gasteiger partial charge in [-0.2, -0.15) is 0 Å². The molecular formula is C9H10ClN3. The Morgan fingerprint density at radius 3 is 3.00 bits per heavy atom. The lowest BCUT2D eigenvalue weighted by atomic mass is 10.3. The molecule has 0 aromatic carbocycles. The van der Waals surface area contributed by atoms with E-state index in [4.69, 9.17) is 17.3 Å². The largest absolute Gasteiger partial charge is 0.396 e. The highest BCUT2D eigenvalue weighted by atomic mass is 35.5. The van der Waals surface area contributed by atoms with Crippen molar-refractivity contribution in [3.63, 3.8) is 0 Å². The first-order valence-electron chi connectivity index (χ1n) is 3.79. The zero-order chi connectivity index (χ0) is 9.68. The van der Waals surface area contributed by atoms with Gasteiger partial charge in [0.1, 0.15) is 5.69 Å². The molecule has 0 bridgehead atoms. The molecule has 1 aromatic rings. The van der Waals surface area contributed by atoms with E-state index in [0.29, 0.717) is 23.1 Å². The third-order valence-corrected chi connectivity index (χ3v) is 1.66. The van der Waals surface area contributed by atoms with Gasteiger partial charge in [-0.05, 0) is 25.1 Å². The minimum atomic E-state index is 0.302. The van der Waals surface area contributed by atoms with E-state index in [9.17, 15) is 0 Å². The van der Waals surface area contributed by atoms with Gasteiger partial charge in [0.05, 0.1) is 12.2 Å². The third-order valence-electron chi connectivity index (χ3n) is 1.36. The summed E-state index contributed by atoms with van der Waals surface area (Å²) in [5, 5.41) is 3.21. The first-order chi connectivity index (χ1) is 6.24. The number of aromatic nitrogens is 1. The Labute approximate surface area is 82.3 Å². The van der Waals surface area contributed by atoms with Crippen molar-refractivity contribution in [2.75, 3.05) is 19.3 Å². The van der Waals surface area contributed by atoms with Gasteiger partial charge < -0.3 is 11.1 Å². The van der Waals surface area contributed by atoms with E-state index in [2.05, 4.69) is 22.1 Å². The van der Waals surface area contributed by atoms with E-state index in [1.165, 1.54) is 0 Å². The van der Waals surface area contributed by atoms with Crippen molar-refractivity contribution in [2.24, 2.45) is 0 Å². The molecule has 1 rings (SSSR count). The van der Waals surface area contributed by atoms with E-state index in [-0.39, 0.29) is 0 Å². The van der Waals surface area contributed by atoms with Crippen LogP contribution in [0, 0.1) is 11.8 Å². The van der Waals surface area contributed by atoms with Gasteiger partial charge >= 0.3 is 0 Å². The highest BCUT2D eigenvalue weighted by Gasteiger charge is 1.96. The molecule has 0 aliphatic carbocycles. The molecule has 0 saturated heterocycles. The summed E-state index contributed by atoms with van der Waals surface area (Å²) in [6, 6.07) is 3.43. The molecule has 0 amide bonds. The number of nitrogens with two attached hydrogens (primary N) is 1. The van der Waals surface area contributed by atoms with Crippen LogP contribution in [0.5, 0.6) is 0 Å². The lowest BCUT2D eigenvalue weighted by Gasteiger charge is -1.95. The molecular weight excluding hydrogens is 186 g/mol. The van der Waals surface area contributed by atoms with Crippen molar-refractivity contribution in [1.29, 1.82) is 0 Å². The van der Waals surface area contributed by atoms with Crippen molar-refractivity contribution in [3.8, 4) is 11.8 Å². The van der Waals surface area contributed by atoms with Crippen molar-refractivity contribution in [3.05, 3.63) is 23.0 Å². The molecule has 1 heterocycles. The number of anilines is 1. The fraction of sp³-hybridized carbons (Fsp3) is 0.222. The molecule has 0 radical (unpaired) electrons. The summed E-state index contributed by atoms with van der Waals surface area (Å²) < 4.78 is 0. The quantitative estimate of drug-likeness (QED) is 0.517. The van der Waals surface area contributed by atoms with Crippen LogP contribution in [0.25, 0.3) is 0 Å². The Balaban J connectivity index is 2.81. The summed E-state index contributed by atoms with van der Waals surface area (Å²) in [5.41, 5.74) is 6.60. The number of halogens is 1. The zero-order valence-electron chi connectivity index (χ0n) is 7.26. The maximum absolute atomic E-state index is 5.71. The molecule has 1 aromatic heterocycles. The Morgan fingerprint density at radius 1 is 1.62 bits per heavy atom. The number of rotatable bonds is 1. The van der Waals surface area contributed by atoms with Gasteiger partial charge in [-0.15, -0.1) is 0 Å². The first-order valence-corrected chi connectivity index (χ1v) is 4.17. The molecule has 0 aliphatic rings. The van der Waals surface area contributed by atoms with Gasteiger partial charge in [-0.25, -0.2) is 4.98 Å². The molecule has 13 heavy (non-hydrogen) atoms. The normalized spacial score (nSPS) is 9.08. The second kappa shape index (κ2) is 4.70. The third kappa shape index (κ3) is 2.94. The van der Waals surface area contributed by atoms with Crippen LogP contribution >= 0.6 is 11.6 Å². The predicted octanol–water partition coefficient (Wildman–Crippen LogP) is 0.888. The minimum absolute atomic E-state index is 0.302. The lowest BCUT2D eigenvalue weighted by Crippen LogP contribution is -2.04. The second-order valence-corrected chi connectivity index (χ2v) is 2.77. The van der Waals surface area contributed by atoms with Crippen LogP contribution in [0.4, 0.5) is 5.69 Å². The fourth-order valence-corrected chi connectivity index (χ4v) is 0.892. The molecule has 3 nitrogen and oxygen atoms in total. The van der Waals surface area contributed by atoms with Crippen LogP contribution in [0.3, 0.4) is 0 Å². The Morgan fingerprint density at radius 2 is 2.38 bits per heavy atom. The highest BCUT2D eigenvalue weighted by molar-refractivity contribution is 6.31. The van der Waals surface area contributed by atoms with E-state index in [0.717, 1.165) is 0 Å². The topological polar surface area (TPSA) is 50.9 Å². The standard InChI is InChI=1S/C9H10ClN3/c1-12-6-2-3-7-4-5-8(11)9(10)13-7/h4-5,12H,6,11H2,1H3. The van der Waals surface area contributed by atoms with Crippen LogP contribution < -0.4 is 11.1 Å². The van der Waals surface area contributed by atoms with E-state index in [1.54, 1.807) is 12.1 Å². The van der Waals surface area contributed by atoms with E-state index < -0.39 is 0 Å². The summed E-state index contributed by atoms with van der Waals surface area (Å²) in [7, 11) is 1.83. The Bertz CT molecular complexity index is 352. The summed E-state index contributed by atoms with van der Waals surface area (Å²) in [5.74, 6) is 5.72. The summed E-state index contributed by atoms with van der Waals surface area (Å²) in [4.78, 5) is 3.98. The summed E-state index contributed by atoms with van der Waals surface area (Å²) >= 11 is 5.71. The number of pyridine rings is 1. The average molecular weight is 196 g/mol. The minimum Gasteiger partial charge on any atom is -0.396 e. The van der Waals surface area contributed by atoms with E-state index >= 15 is 0 Å². The number of nitrogen functional groups attached to an aromatic ring is 1. The number of nitrogens with zero attached hydrogens (tertiary/aromatic N) is 1. The van der Waals surface area contributed by atoms with Crippen molar-refractivity contribution in [1.82, 2.24) is 10.3 Å². The van der Waals surface area contributed by atoms with Gasteiger partial charge in [-0.3, -0.25) is 0 Å². The van der Waals surface area contributed by atoms with Crippen LogP contribution in [-0.2, 0) is 0 Å². The molecule has 0 aliphatic heterocycles. The smallest absolute Gasteiger partial charge is 0.153 e. The number of hydrogen-bond acceptors (Lipinski definition) is 3. The van der Waals surface area contributed by atoms with Crippen molar-refractivity contribution >= 4 is 17.3 Å². The molecule has 0 spiro atoms. The SMILES string of the molecule is CNCC#Cc1ccc(N)c(Cl)n1. The van der Waals surface area contributed by atoms with Crippen LogP contribution in [0.1, 0.15) is 5.69 Å². The molecule has 68 valence electrons. The summed E-state index contributed by atoms with van der Waals surface area (Å²) in [6.45, 7) is 0.629. The van der Waals surface area contributed by atoms with E-state index in [1.807, 2.05) is 7.05 Å². The Kier molecular flexibility index (Phi) is 3.56. The molecule has 0 unspecified atom stereocenters. The molecule has 0 saturated carbocycles. The van der Waals surface area contributed by atoms with Crippen molar-refractivity contribution < 1.29 is 0 Å². The number of hydrogen-bond donors (Lipinski definition) is 2. The van der Waals surface area contributed by atoms with Gasteiger partial charge in [0, 0.05) is 0 Å². The predicted molar refractivity (Wildman–Crippen MR) is 54.5 cm³/mol. The lowest BCUT2D eigenvalue weighted by molar-refractivity contribution is 0.938. The van der Waals surface area contributed by atoms with Gasteiger partial charge in [-0.1, -0.05) is 17.5 Å². The number of nitrogens with one attached hydrogen (secondary N) is 1. The highest BCUT2D eigenvalue weighted by Crippen LogP contribution is 2.14. The fourth-order valence-electron chi connectivity index (χ4n) is 0.738. The summed E-state index contributed by atoms with van der Waals surface area (Å²) in [6.07, 6.45) is 0. The monoisotopic (exact) mass is 195 g/mol. The van der Waals surface area contributed by atoms with Crippen LogP contribution in [0.2, 0.25) is 5.15 Å². The average Bonchev–Trinajstić information content (AvgIpc) is 2.12. The molecule has 0 fully saturated rings. The Hall–Kier alpha value is -1.24. The first kappa shape index (κ1) is 9.85.